The topological polar surface area (TPSA) is 85.3 Å². The third-order valence-corrected chi connectivity index (χ3v) is 4.48. The first-order valence-electron chi connectivity index (χ1n) is 7.78. The van der Waals surface area contributed by atoms with Gasteiger partial charge in [0.25, 0.3) is 5.91 Å². The number of ether oxygens (including phenoxy) is 3. The molecular weight excluding hydrogens is 314 g/mol. The van der Waals surface area contributed by atoms with E-state index in [0.29, 0.717) is 42.2 Å². The molecule has 7 nitrogen and oxygen atoms in total. The maximum absolute atomic E-state index is 12.9. The molecule has 132 valence electrons. The third kappa shape index (κ3) is 3.25. The minimum atomic E-state index is -0.870. The van der Waals surface area contributed by atoms with E-state index in [0.717, 1.165) is 0 Å². The van der Waals surface area contributed by atoms with E-state index in [4.69, 9.17) is 14.2 Å². The number of carbonyl (C=O) groups is 2. The Bertz CT molecular complexity index is 605. The van der Waals surface area contributed by atoms with Crippen LogP contribution in [0.1, 0.15) is 30.1 Å². The van der Waals surface area contributed by atoms with Crippen LogP contribution in [0.3, 0.4) is 0 Å². The number of likely N-dealkylation sites (tertiary alicyclic amines) is 1. The molecule has 7 heteroatoms. The number of carboxylic acids is 1. The van der Waals surface area contributed by atoms with Gasteiger partial charge in [-0.1, -0.05) is 0 Å². The molecule has 1 N–H and O–H groups in total. The molecule has 1 amide bonds. The Balaban J connectivity index is 2.37. The van der Waals surface area contributed by atoms with Crippen molar-refractivity contribution in [3.05, 3.63) is 17.7 Å². The summed E-state index contributed by atoms with van der Waals surface area (Å²) in [6, 6.07) is 2.80. The van der Waals surface area contributed by atoms with Gasteiger partial charge in [-0.05, 0) is 31.9 Å². The van der Waals surface area contributed by atoms with E-state index >= 15 is 0 Å². The molecule has 0 spiro atoms. The summed E-state index contributed by atoms with van der Waals surface area (Å²) in [4.78, 5) is 25.9. The highest BCUT2D eigenvalue weighted by Gasteiger charge is 2.36. The molecule has 0 unspecified atom stereocenters. The van der Waals surface area contributed by atoms with Crippen LogP contribution in [0.5, 0.6) is 17.2 Å². The SMILES string of the molecule is COc1cc(C(=O)N2CCC[C@H](C(=O)O)[C@@H]2C)cc(OC)c1OC. The number of hydrogen-bond acceptors (Lipinski definition) is 5. The number of rotatable bonds is 5. The molecule has 2 rings (SSSR count). The maximum atomic E-state index is 12.9. The van der Waals surface area contributed by atoms with Crippen molar-refractivity contribution in [1.82, 2.24) is 4.90 Å². The lowest BCUT2D eigenvalue weighted by Gasteiger charge is -2.37. The molecular formula is C17H23NO6. The highest BCUT2D eigenvalue weighted by Crippen LogP contribution is 2.39. The highest BCUT2D eigenvalue weighted by atomic mass is 16.5. The molecule has 2 atom stereocenters. The largest absolute Gasteiger partial charge is 0.493 e. The fourth-order valence-corrected chi connectivity index (χ4v) is 3.13. The smallest absolute Gasteiger partial charge is 0.308 e. The van der Waals surface area contributed by atoms with E-state index in [2.05, 4.69) is 0 Å². The van der Waals surface area contributed by atoms with Gasteiger partial charge in [0.05, 0.1) is 27.2 Å². The Morgan fingerprint density at radius 3 is 2.17 bits per heavy atom. The summed E-state index contributed by atoms with van der Waals surface area (Å²) in [5, 5.41) is 9.32. The van der Waals surface area contributed by atoms with E-state index in [1.54, 1.807) is 24.0 Å². The molecule has 1 aromatic rings. The van der Waals surface area contributed by atoms with Crippen LogP contribution < -0.4 is 14.2 Å². The number of nitrogens with zero attached hydrogens (tertiary/aromatic N) is 1. The number of amides is 1. The zero-order valence-electron chi connectivity index (χ0n) is 14.4. The number of aliphatic carboxylic acids is 1. The summed E-state index contributed by atoms with van der Waals surface area (Å²) < 4.78 is 15.8. The summed E-state index contributed by atoms with van der Waals surface area (Å²) >= 11 is 0. The van der Waals surface area contributed by atoms with Crippen molar-refractivity contribution >= 4 is 11.9 Å². The Morgan fingerprint density at radius 2 is 1.71 bits per heavy atom. The second-order valence-corrected chi connectivity index (χ2v) is 5.74. The normalized spacial score (nSPS) is 20.4. The number of benzene rings is 1. The van der Waals surface area contributed by atoms with E-state index in [-0.39, 0.29) is 11.9 Å². The van der Waals surface area contributed by atoms with Crippen LogP contribution in [0.15, 0.2) is 12.1 Å². The van der Waals surface area contributed by atoms with Gasteiger partial charge in [0.15, 0.2) is 11.5 Å². The fraction of sp³-hybridized carbons (Fsp3) is 0.529. The van der Waals surface area contributed by atoms with Crippen LogP contribution >= 0.6 is 0 Å². The Hall–Kier alpha value is -2.44. The molecule has 0 aliphatic carbocycles. The van der Waals surface area contributed by atoms with Crippen molar-refractivity contribution in [2.45, 2.75) is 25.8 Å². The predicted molar refractivity (Wildman–Crippen MR) is 87.0 cm³/mol. The standard InChI is InChI=1S/C17H23NO6/c1-10-12(17(20)21)6-5-7-18(10)16(19)11-8-13(22-2)15(24-4)14(9-11)23-3/h8-10,12H,5-7H2,1-4H3,(H,20,21)/t10-,12-/m0/s1. The van der Waals surface area contributed by atoms with Crippen molar-refractivity contribution in [2.75, 3.05) is 27.9 Å². The molecule has 0 aromatic heterocycles. The highest BCUT2D eigenvalue weighted by molar-refractivity contribution is 5.96. The second-order valence-electron chi connectivity index (χ2n) is 5.74. The third-order valence-electron chi connectivity index (χ3n) is 4.48. The molecule has 24 heavy (non-hydrogen) atoms. The summed E-state index contributed by atoms with van der Waals surface area (Å²) in [5.41, 5.74) is 0.377. The average Bonchev–Trinajstić information content (AvgIpc) is 2.59. The Kier molecular flexibility index (Phi) is 5.54. The predicted octanol–water partition coefficient (Wildman–Crippen LogP) is 2.04. The monoisotopic (exact) mass is 337 g/mol. The first-order valence-corrected chi connectivity index (χ1v) is 7.78. The maximum Gasteiger partial charge on any atom is 0.308 e. The minimum Gasteiger partial charge on any atom is -0.493 e. The van der Waals surface area contributed by atoms with E-state index in [1.165, 1.54) is 21.3 Å². The van der Waals surface area contributed by atoms with Gasteiger partial charge in [-0.3, -0.25) is 9.59 Å². The van der Waals surface area contributed by atoms with Gasteiger partial charge in [0.1, 0.15) is 0 Å². The van der Waals surface area contributed by atoms with Gasteiger partial charge in [0, 0.05) is 18.2 Å². The first-order chi connectivity index (χ1) is 11.4. The second kappa shape index (κ2) is 7.42. The zero-order valence-corrected chi connectivity index (χ0v) is 14.4. The summed E-state index contributed by atoms with van der Waals surface area (Å²) in [6.07, 6.45) is 1.24. The molecule has 1 aliphatic heterocycles. The van der Waals surface area contributed by atoms with Crippen molar-refractivity contribution in [3.8, 4) is 17.2 Å². The molecule has 1 aliphatic rings. The zero-order chi connectivity index (χ0) is 17.9. The van der Waals surface area contributed by atoms with Gasteiger partial charge < -0.3 is 24.2 Å². The molecule has 1 saturated heterocycles. The van der Waals surface area contributed by atoms with Crippen molar-refractivity contribution in [3.63, 3.8) is 0 Å². The number of carbonyl (C=O) groups excluding carboxylic acids is 1. The van der Waals surface area contributed by atoms with E-state index < -0.39 is 11.9 Å². The number of piperidine rings is 1. The van der Waals surface area contributed by atoms with Crippen LogP contribution in [0.4, 0.5) is 0 Å². The molecule has 1 fully saturated rings. The van der Waals surface area contributed by atoms with E-state index in [1.807, 2.05) is 0 Å². The molecule has 1 aromatic carbocycles. The molecule has 0 bridgehead atoms. The first kappa shape index (κ1) is 17.9. The lowest BCUT2D eigenvalue weighted by molar-refractivity contribution is -0.144. The molecule has 0 radical (unpaired) electrons. The van der Waals surface area contributed by atoms with Gasteiger partial charge >= 0.3 is 5.97 Å². The van der Waals surface area contributed by atoms with Gasteiger partial charge in [0.2, 0.25) is 5.75 Å². The van der Waals surface area contributed by atoms with Crippen LogP contribution in [-0.2, 0) is 4.79 Å². The Morgan fingerprint density at radius 1 is 1.12 bits per heavy atom. The van der Waals surface area contributed by atoms with Crippen molar-refractivity contribution < 1.29 is 28.9 Å². The van der Waals surface area contributed by atoms with Crippen LogP contribution in [0.2, 0.25) is 0 Å². The Labute approximate surface area is 141 Å². The molecule has 0 saturated carbocycles. The summed E-state index contributed by atoms with van der Waals surface area (Å²) in [7, 11) is 4.46. The lowest BCUT2D eigenvalue weighted by Crippen LogP contribution is -2.49. The molecule has 1 heterocycles. The summed E-state index contributed by atoms with van der Waals surface area (Å²) in [5.74, 6) is -0.478. The van der Waals surface area contributed by atoms with Gasteiger partial charge in [-0.15, -0.1) is 0 Å². The number of hydrogen-bond donors (Lipinski definition) is 1. The fourth-order valence-electron chi connectivity index (χ4n) is 3.13. The minimum absolute atomic E-state index is 0.243. The van der Waals surface area contributed by atoms with Crippen LogP contribution in [-0.4, -0.2) is 55.8 Å². The summed E-state index contributed by atoms with van der Waals surface area (Å²) in [6.45, 7) is 2.30. The van der Waals surface area contributed by atoms with Crippen LogP contribution in [0.25, 0.3) is 0 Å². The van der Waals surface area contributed by atoms with E-state index in [9.17, 15) is 14.7 Å². The quantitative estimate of drug-likeness (QED) is 0.885. The lowest BCUT2D eigenvalue weighted by atomic mass is 9.90. The number of carboxylic acid groups (broad SMARTS) is 1. The van der Waals surface area contributed by atoms with Crippen molar-refractivity contribution in [1.29, 1.82) is 0 Å². The average molecular weight is 337 g/mol. The van der Waals surface area contributed by atoms with Crippen molar-refractivity contribution in [2.24, 2.45) is 5.92 Å². The van der Waals surface area contributed by atoms with Gasteiger partial charge in [-0.25, -0.2) is 0 Å². The van der Waals surface area contributed by atoms with Gasteiger partial charge in [-0.2, -0.15) is 0 Å². The number of methoxy groups -OCH3 is 3. The van der Waals surface area contributed by atoms with Crippen LogP contribution in [0, 0.1) is 5.92 Å².